The van der Waals surface area contributed by atoms with Crippen molar-refractivity contribution < 1.29 is 23.9 Å². The average molecular weight is 481 g/mol. The van der Waals surface area contributed by atoms with Crippen molar-refractivity contribution >= 4 is 35.1 Å². The first-order valence-corrected chi connectivity index (χ1v) is 11.6. The molecule has 1 atom stereocenters. The summed E-state index contributed by atoms with van der Waals surface area (Å²) in [5.41, 5.74) is 1.80. The Bertz CT molecular complexity index is 1040. The fourth-order valence-corrected chi connectivity index (χ4v) is 3.69. The van der Waals surface area contributed by atoms with Crippen molar-refractivity contribution in [1.29, 1.82) is 0 Å². The number of esters is 1. The number of carbonyl (C=O) groups is 4. The summed E-state index contributed by atoms with van der Waals surface area (Å²) in [6, 6.07) is 15.2. The van der Waals surface area contributed by atoms with E-state index in [9.17, 15) is 19.2 Å². The largest absolute Gasteiger partial charge is 0.465 e. The number of benzene rings is 2. The molecule has 186 valence electrons. The molecule has 3 rings (SSSR count). The van der Waals surface area contributed by atoms with E-state index < -0.39 is 12.0 Å². The van der Waals surface area contributed by atoms with E-state index in [0.717, 1.165) is 5.69 Å². The van der Waals surface area contributed by atoms with E-state index in [2.05, 4.69) is 10.6 Å². The van der Waals surface area contributed by atoms with Crippen LogP contribution in [0.15, 0.2) is 54.6 Å². The van der Waals surface area contributed by atoms with Gasteiger partial charge in [-0.3, -0.25) is 24.1 Å². The molecule has 1 aliphatic heterocycles. The molecule has 2 aromatic rings. The molecule has 0 aliphatic carbocycles. The number of hydrogen-bond acceptors (Lipinski definition) is 6. The van der Waals surface area contributed by atoms with Gasteiger partial charge in [0.15, 0.2) is 0 Å². The first-order chi connectivity index (χ1) is 16.7. The van der Waals surface area contributed by atoms with Crippen molar-refractivity contribution in [3.8, 4) is 0 Å². The number of anilines is 2. The van der Waals surface area contributed by atoms with Gasteiger partial charge in [-0.15, -0.1) is 0 Å². The number of amides is 3. The minimum Gasteiger partial charge on any atom is -0.465 e. The van der Waals surface area contributed by atoms with Crippen molar-refractivity contribution in [2.75, 3.05) is 43.5 Å². The van der Waals surface area contributed by atoms with Gasteiger partial charge in [0, 0.05) is 37.1 Å². The molecule has 0 spiro atoms. The molecule has 0 aromatic heterocycles. The summed E-state index contributed by atoms with van der Waals surface area (Å²) in [4.78, 5) is 53.1. The summed E-state index contributed by atoms with van der Waals surface area (Å²) in [7, 11) is 1.71. The second kappa shape index (κ2) is 12.1. The standard InChI is InChI=1S/C26H32N4O5/c1-18(2)17-35-24(32)15-22-25(33)27-13-14-30(22)16-23(31)28-20-11-9-19(10-12-20)26(34)29(3)21-7-5-4-6-8-21/h4-12,18,22H,13-17H2,1-3H3,(H,27,33)(H,28,31). The van der Waals surface area contributed by atoms with Crippen LogP contribution in [0.3, 0.4) is 0 Å². The highest BCUT2D eigenvalue weighted by molar-refractivity contribution is 6.06. The van der Waals surface area contributed by atoms with Crippen molar-refractivity contribution in [1.82, 2.24) is 10.2 Å². The van der Waals surface area contributed by atoms with Crippen LogP contribution in [0.5, 0.6) is 0 Å². The normalized spacial score (nSPS) is 15.9. The van der Waals surface area contributed by atoms with Gasteiger partial charge in [0.05, 0.1) is 19.6 Å². The molecule has 1 fully saturated rings. The highest BCUT2D eigenvalue weighted by Crippen LogP contribution is 2.17. The maximum atomic E-state index is 12.7. The zero-order valence-electron chi connectivity index (χ0n) is 20.3. The molecule has 1 saturated heterocycles. The van der Waals surface area contributed by atoms with Gasteiger partial charge in [0.2, 0.25) is 11.8 Å². The Labute approximate surface area is 205 Å². The molecule has 9 nitrogen and oxygen atoms in total. The quantitative estimate of drug-likeness (QED) is 0.533. The maximum absolute atomic E-state index is 12.7. The van der Waals surface area contributed by atoms with Crippen molar-refractivity contribution in [2.24, 2.45) is 5.92 Å². The third-order valence-electron chi connectivity index (χ3n) is 5.59. The summed E-state index contributed by atoms with van der Waals surface area (Å²) >= 11 is 0. The van der Waals surface area contributed by atoms with E-state index in [4.69, 9.17) is 4.74 Å². The van der Waals surface area contributed by atoms with Crippen molar-refractivity contribution in [3.05, 3.63) is 60.2 Å². The molecule has 2 N–H and O–H groups in total. The molecule has 1 unspecified atom stereocenters. The van der Waals surface area contributed by atoms with Crippen LogP contribution in [0.4, 0.5) is 11.4 Å². The number of carbonyl (C=O) groups excluding carboxylic acids is 4. The van der Waals surface area contributed by atoms with Gasteiger partial charge in [-0.2, -0.15) is 0 Å². The number of rotatable bonds is 9. The molecule has 9 heteroatoms. The van der Waals surface area contributed by atoms with E-state index >= 15 is 0 Å². The lowest BCUT2D eigenvalue weighted by Gasteiger charge is -2.33. The Balaban J connectivity index is 1.57. The number of para-hydroxylation sites is 1. The van der Waals surface area contributed by atoms with Crippen LogP contribution in [0.25, 0.3) is 0 Å². The molecule has 2 aromatic carbocycles. The summed E-state index contributed by atoms with van der Waals surface area (Å²) in [6.45, 7) is 4.94. The van der Waals surface area contributed by atoms with E-state index in [1.54, 1.807) is 41.1 Å². The highest BCUT2D eigenvalue weighted by Gasteiger charge is 2.33. The van der Waals surface area contributed by atoms with Crippen LogP contribution < -0.4 is 15.5 Å². The van der Waals surface area contributed by atoms with Crippen molar-refractivity contribution in [2.45, 2.75) is 26.3 Å². The number of nitrogens with zero attached hydrogens (tertiary/aromatic N) is 2. The van der Waals surface area contributed by atoms with Gasteiger partial charge in [-0.1, -0.05) is 32.0 Å². The zero-order chi connectivity index (χ0) is 25.4. The lowest BCUT2D eigenvalue weighted by atomic mass is 10.1. The monoisotopic (exact) mass is 480 g/mol. The van der Waals surface area contributed by atoms with Crippen LogP contribution in [0.1, 0.15) is 30.6 Å². The Morgan fingerprint density at radius 1 is 1.11 bits per heavy atom. The second-order valence-electron chi connectivity index (χ2n) is 8.88. The molecule has 3 amide bonds. The minimum atomic E-state index is -0.761. The summed E-state index contributed by atoms with van der Waals surface area (Å²) in [5.74, 6) is -1.05. The number of piperazine rings is 1. The Morgan fingerprint density at radius 2 is 1.80 bits per heavy atom. The fraction of sp³-hybridized carbons (Fsp3) is 0.385. The zero-order valence-corrected chi connectivity index (χ0v) is 20.3. The lowest BCUT2D eigenvalue weighted by molar-refractivity contribution is -0.149. The number of ether oxygens (including phenoxy) is 1. The summed E-state index contributed by atoms with van der Waals surface area (Å²) in [6.07, 6.45) is -0.114. The summed E-state index contributed by atoms with van der Waals surface area (Å²) in [5, 5.41) is 5.53. The van der Waals surface area contributed by atoms with Gasteiger partial charge in [-0.05, 0) is 42.3 Å². The fourth-order valence-electron chi connectivity index (χ4n) is 3.69. The van der Waals surface area contributed by atoms with E-state index in [-0.39, 0.29) is 43.2 Å². The van der Waals surface area contributed by atoms with Gasteiger partial charge >= 0.3 is 5.97 Å². The van der Waals surface area contributed by atoms with Crippen LogP contribution in [-0.2, 0) is 19.1 Å². The SMILES string of the molecule is CC(C)COC(=O)CC1C(=O)NCCN1CC(=O)Nc1ccc(C(=O)N(C)c2ccccc2)cc1. The van der Waals surface area contributed by atoms with E-state index in [0.29, 0.717) is 24.3 Å². The van der Waals surface area contributed by atoms with E-state index in [1.165, 1.54) is 0 Å². The Kier molecular flexibility index (Phi) is 8.97. The second-order valence-corrected chi connectivity index (χ2v) is 8.88. The van der Waals surface area contributed by atoms with Gasteiger partial charge in [0.25, 0.3) is 5.91 Å². The predicted molar refractivity (Wildman–Crippen MR) is 133 cm³/mol. The third-order valence-corrected chi connectivity index (χ3v) is 5.59. The first-order valence-electron chi connectivity index (χ1n) is 11.6. The molecule has 1 heterocycles. The Morgan fingerprint density at radius 3 is 2.46 bits per heavy atom. The molecule has 1 aliphatic rings. The average Bonchev–Trinajstić information content (AvgIpc) is 2.85. The minimum absolute atomic E-state index is 0.0486. The Hall–Kier alpha value is -3.72. The third kappa shape index (κ3) is 7.38. The smallest absolute Gasteiger partial charge is 0.307 e. The predicted octanol–water partition coefficient (Wildman–Crippen LogP) is 2.29. The molecule has 0 radical (unpaired) electrons. The van der Waals surface area contributed by atoms with Crippen LogP contribution in [0, 0.1) is 5.92 Å². The topological polar surface area (TPSA) is 108 Å². The highest BCUT2D eigenvalue weighted by atomic mass is 16.5. The molecule has 0 bridgehead atoms. The van der Waals surface area contributed by atoms with Gasteiger partial charge < -0.3 is 20.3 Å². The van der Waals surface area contributed by atoms with Crippen LogP contribution in [0.2, 0.25) is 0 Å². The van der Waals surface area contributed by atoms with Crippen LogP contribution in [-0.4, -0.2) is 67.9 Å². The lowest BCUT2D eigenvalue weighted by Crippen LogP contribution is -2.57. The molecule has 35 heavy (non-hydrogen) atoms. The first kappa shape index (κ1) is 25.9. The van der Waals surface area contributed by atoms with E-state index in [1.807, 2.05) is 44.2 Å². The molecular formula is C26H32N4O5. The molecular weight excluding hydrogens is 448 g/mol. The maximum Gasteiger partial charge on any atom is 0.307 e. The number of nitrogens with one attached hydrogen (secondary N) is 2. The molecule has 0 saturated carbocycles. The van der Waals surface area contributed by atoms with Gasteiger partial charge in [-0.25, -0.2) is 0 Å². The number of hydrogen-bond donors (Lipinski definition) is 2. The van der Waals surface area contributed by atoms with Crippen molar-refractivity contribution in [3.63, 3.8) is 0 Å². The van der Waals surface area contributed by atoms with Crippen LogP contribution >= 0.6 is 0 Å². The summed E-state index contributed by atoms with van der Waals surface area (Å²) < 4.78 is 5.20. The van der Waals surface area contributed by atoms with Gasteiger partial charge in [0.1, 0.15) is 6.04 Å².